The second-order valence-electron chi connectivity index (χ2n) is 5.89. The Bertz CT molecular complexity index is 954. The number of hydrogen-bond donors (Lipinski definition) is 1. The molecular formula is C15H16N6O2S. The molecule has 1 unspecified atom stereocenters. The molecule has 3 aromatic rings. The van der Waals surface area contributed by atoms with E-state index in [0.717, 1.165) is 29.2 Å². The predicted octanol–water partition coefficient (Wildman–Crippen LogP) is 1.10. The van der Waals surface area contributed by atoms with E-state index in [0.29, 0.717) is 12.5 Å². The number of hydrogen-bond acceptors (Lipinski definition) is 6. The average Bonchev–Trinajstić information content (AvgIpc) is 3.20. The highest BCUT2D eigenvalue weighted by Crippen LogP contribution is 2.38. The molecular weight excluding hydrogens is 328 g/mol. The SMILES string of the molecule is CC(C(=O)NCc1csc2ncnn12)n1nc(C2CC2)ccc1=O. The first-order valence-electron chi connectivity index (χ1n) is 7.77. The van der Waals surface area contributed by atoms with E-state index in [1.54, 1.807) is 17.5 Å². The Morgan fingerprint density at radius 2 is 2.29 bits per heavy atom. The Balaban J connectivity index is 1.49. The van der Waals surface area contributed by atoms with Gasteiger partial charge in [0.25, 0.3) is 5.56 Å². The smallest absolute Gasteiger partial charge is 0.267 e. The fourth-order valence-electron chi connectivity index (χ4n) is 2.55. The number of thiazole rings is 1. The highest BCUT2D eigenvalue weighted by Gasteiger charge is 2.27. The largest absolute Gasteiger partial charge is 0.349 e. The molecule has 0 bridgehead atoms. The van der Waals surface area contributed by atoms with Crippen molar-refractivity contribution in [3.8, 4) is 0 Å². The maximum atomic E-state index is 12.4. The Labute approximate surface area is 141 Å². The van der Waals surface area contributed by atoms with Crippen LogP contribution in [-0.4, -0.2) is 30.3 Å². The number of carbonyl (C=O) groups is 1. The van der Waals surface area contributed by atoms with Gasteiger partial charge < -0.3 is 5.32 Å². The zero-order valence-electron chi connectivity index (χ0n) is 13.0. The fraction of sp³-hybridized carbons (Fsp3) is 0.400. The number of rotatable bonds is 5. The van der Waals surface area contributed by atoms with E-state index < -0.39 is 6.04 Å². The van der Waals surface area contributed by atoms with E-state index in [2.05, 4.69) is 20.5 Å². The fourth-order valence-corrected chi connectivity index (χ4v) is 3.34. The minimum absolute atomic E-state index is 0.253. The molecule has 1 atom stereocenters. The van der Waals surface area contributed by atoms with Crippen molar-refractivity contribution in [2.24, 2.45) is 0 Å². The Morgan fingerprint density at radius 1 is 1.46 bits per heavy atom. The normalized spacial score (nSPS) is 15.5. The minimum atomic E-state index is -0.666. The van der Waals surface area contributed by atoms with Crippen molar-refractivity contribution in [1.29, 1.82) is 0 Å². The first-order valence-corrected chi connectivity index (χ1v) is 8.65. The third-order valence-corrected chi connectivity index (χ3v) is 5.00. The number of nitrogens with one attached hydrogen (secondary N) is 1. The molecule has 4 rings (SSSR count). The molecule has 3 heterocycles. The van der Waals surface area contributed by atoms with Gasteiger partial charge in [-0.25, -0.2) is 14.2 Å². The summed E-state index contributed by atoms with van der Waals surface area (Å²) in [6.07, 6.45) is 3.67. The standard InChI is InChI=1S/C15H16N6O2S/c1-9(20-13(22)5-4-12(19-20)10-2-3-10)14(23)16-6-11-7-24-15-17-8-18-21(11)15/h4-5,7-10H,2-3,6H2,1H3,(H,16,23). The maximum absolute atomic E-state index is 12.4. The number of carbonyl (C=O) groups excluding carboxylic acids is 1. The van der Waals surface area contributed by atoms with Crippen LogP contribution in [0.2, 0.25) is 0 Å². The molecule has 0 aromatic carbocycles. The van der Waals surface area contributed by atoms with Crippen molar-refractivity contribution in [3.63, 3.8) is 0 Å². The third-order valence-electron chi connectivity index (χ3n) is 4.12. The van der Waals surface area contributed by atoms with E-state index >= 15 is 0 Å². The quantitative estimate of drug-likeness (QED) is 0.748. The summed E-state index contributed by atoms with van der Waals surface area (Å²) in [4.78, 5) is 29.3. The van der Waals surface area contributed by atoms with Gasteiger partial charge in [0.15, 0.2) is 0 Å². The minimum Gasteiger partial charge on any atom is -0.349 e. The topological polar surface area (TPSA) is 94.2 Å². The zero-order chi connectivity index (χ0) is 16.7. The van der Waals surface area contributed by atoms with Crippen molar-refractivity contribution in [2.45, 2.75) is 38.3 Å². The molecule has 0 spiro atoms. The van der Waals surface area contributed by atoms with Crippen molar-refractivity contribution in [3.05, 3.63) is 45.6 Å². The molecule has 24 heavy (non-hydrogen) atoms. The van der Waals surface area contributed by atoms with E-state index in [4.69, 9.17) is 0 Å². The summed E-state index contributed by atoms with van der Waals surface area (Å²) in [7, 11) is 0. The average molecular weight is 344 g/mol. The van der Waals surface area contributed by atoms with E-state index in [-0.39, 0.29) is 11.5 Å². The molecule has 1 N–H and O–H groups in total. The Hall–Kier alpha value is -2.55. The van der Waals surface area contributed by atoms with Crippen molar-refractivity contribution < 1.29 is 4.79 Å². The first-order chi connectivity index (χ1) is 11.6. The van der Waals surface area contributed by atoms with Crippen LogP contribution in [0.25, 0.3) is 4.96 Å². The van der Waals surface area contributed by atoms with Crippen LogP contribution in [0.5, 0.6) is 0 Å². The van der Waals surface area contributed by atoms with Crippen LogP contribution < -0.4 is 10.9 Å². The van der Waals surface area contributed by atoms with Gasteiger partial charge in [0.05, 0.1) is 17.9 Å². The summed E-state index contributed by atoms with van der Waals surface area (Å²) in [6, 6.07) is 2.58. The van der Waals surface area contributed by atoms with Crippen LogP contribution in [0.1, 0.15) is 43.1 Å². The van der Waals surface area contributed by atoms with E-state index in [1.807, 2.05) is 5.38 Å². The monoisotopic (exact) mass is 344 g/mol. The molecule has 1 aliphatic carbocycles. The molecule has 1 fully saturated rings. The first kappa shape index (κ1) is 15.0. The Morgan fingerprint density at radius 3 is 3.08 bits per heavy atom. The summed E-state index contributed by atoms with van der Waals surface area (Å²) >= 11 is 1.46. The summed E-state index contributed by atoms with van der Waals surface area (Å²) < 4.78 is 2.95. The van der Waals surface area contributed by atoms with Crippen LogP contribution in [0, 0.1) is 0 Å². The second kappa shape index (κ2) is 5.82. The lowest BCUT2D eigenvalue weighted by molar-refractivity contribution is -0.124. The number of amides is 1. The lowest BCUT2D eigenvalue weighted by atomic mass is 10.2. The van der Waals surface area contributed by atoms with Gasteiger partial charge in [0.1, 0.15) is 12.4 Å². The van der Waals surface area contributed by atoms with Crippen LogP contribution in [0.15, 0.2) is 28.6 Å². The third kappa shape index (κ3) is 2.71. The van der Waals surface area contributed by atoms with Gasteiger partial charge in [-0.05, 0) is 25.8 Å². The van der Waals surface area contributed by atoms with Crippen molar-refractivity contribution >= 4 is 22.2 Å². The van der Waals surface area contributed by atoms with Crippen molar-refractivity contribution in [2.75, 3.05) is 0 Å². The summed E-state index contributed by atoms with van der Waals surface area (Å²) in [5.41, 5.74) is 1.47. The zero-order valence-corrected chi connectivity index (χ0v) is 13.9. The molecule has 0 aliphatic heterocycles. The molecule has 1 aliphatic rings. The number of aromatic nitrogens is 5. The molecule has 124 valence electrons. The van der Waals surface area contributed by atoms with E-state index in [9.17, 15) is 9.59 Å². The molecule has 1 saturated carbocycles. The van der Waals surface area contributed by atoms with Gasteiger partial charge in [0, 0.05) is 17.4 Å². The summed E-state index contributed by atoms with van der Waals surface area (Å²) in [5.74, 6) is 0.176. The molecule has 9 heteroatoms. The van der Waals surface area contributed by atoms with Crippen LogP contribution in [0.4, 0.5) is 0 Å². The number of fused-ring (bicyclic) bond motifs is 1. The molecule has 8 nitrogen and oxygen atoms in total. The molecule has 0 saturated heterocycles. The predicted molar refractivity (Wildman–Crippen MR) is 87.9 cm³/mol. The summed E-state index contributed by atoms with van der Waals surface area (Å²) in [6.45, 7) is 2.00. The van der Waals surface area contributed by atoms with Gasteiger partial charge in [-0.15, -0.1) is 11.3 Å². The Kier molecular flexibility index (Phi) is 3.64. The highest BCUT2D eigenvalue weighted by molar-refractivity contribution is 7.15. The van der Waals surface area contributed by atoms with Gasteiger partial charge in [-0.1, -0.05) is 0 Å². The van der Waals surface area contributed by atoms with Gasteiger partial charge >= 0.3 is 0 Å². The van der Waals surface area contributed by atoms with Gasteiger partial charge in [0.2, 0.25) is 10.9 Å². The van der Waals surface area contributed by atoms with Crippen LogP contribution in [0.3, 0.4) is 0 Å². The molecule has 1 amide bonds. The van der Waals surface area contributed by atoms with Gasteiger partial charge in [-0.2, -0.15) is 10.2 Å². The summed E-state index contributed by atoms with van der Waals surface area (Å²) in [5, 5.41) is 13.2. The highest BCUT2D eigenvalue weighted by atomic mass is 32.1. The van der Waals surface area contributed by atoms with Crippen LogP contribution in [-0.2, 0) is 11.3 Å². The molecule has 3 aromatic heterocycles. The lowest BCUT2D eigenvalue weighted by Crippen LogP contribution is -2.37. The second-order valence-corrected chi connectivity index (χ2v) is 6.73. The maximum Gasteiger partial charge on any atom is 0.267 e. The lowest BCUT2D eigenvalue weighted by Gasteiger charge is -2.14. The van der Waals surface area contributed by atoms with E-state index in [1.165, 1.54) is 28.4 Å². The van der Waals surface area contributed by atoms with Crippen molar-refractivity contribution in [1.82, 2.24) is 29.7 Å². The molecule has 0 radical (unpaired) electrons. The van der Waals surface area contributed by atoms with Gasteiger partial charge in [-0.3, -0.25) is 9.59 Å². The van der Waals surface area contributed by atoms with Crippen LogP contribution >= 0.6 is 11.3 Å². The number of nitrogens with zero attached hydrogens (tertiary/aromatic N) is 5.